The number of methoxy groups -OCH3 is 1. The normalized spacial score (nSPS) is 12.9. The van der Waals surface area contributed by atoms with Crippen molar-refractivity contribution in [3.8, 4) is 0 Å². The number of rotatable bonds is 7. The molecule has 0 unspecified atom stereocenters. The molecular weight excluding hydrogens is 280 g/mol. The SMILES string of the molecule is COCCS(=O)(=O)c1ccc(C(=O)N[C@@H](C)CN)cc1. The molecule has 0 spiro atoms. The summed E-state index contributed by atoms with van der Waals surface area (Å²) >= 11 is 0. The van der Waals surface area contributed by atoms with Gasteiger partial charge in [0.2, 0.25) is 0 Å². The van der Waals surface area contributed by atoms with Crippen LogP contribution in [0, 0.1) is 0 Å². The van der Waals surface area contributed by atoms with E-state index in [4.69, 9.17) is 10.5 Å². The van der Waals surface area contributed by atoms with Crippen LogP contribution in [0.3, 0.4) is 0 Å². The highest BCUT2D eigenvalue weighted by molar-refractivity contribution is 7.91. The number of ether oxygens (including phenoxy) is 1. The summed E-state index contributed by atoms with van der Waals surface area (Å²) in [6.07, 6.45) is 0. The first-order valence-corrected chi connectivity index (χ1v) is 7.88. The maximum atomic E-state index is 11.9. The van der Waals surface area contributed by atoms with E-state index in [1.54, 1.807) is 6.92 Å². The predicted octanol–water partition coefficient (Wildman–Crippen LogP) is 0.184. The van der Waals surface area contributed by atoms with E-state index < -0.39 is 9.84 Å². The Hall–Kier alpha value is -1.44. The number of benzene rings is 1. The van der Waals surface area contributed by atoms with Gasteiger partial charge < -0.3 is 15.8 Å². The minimum Gasteiger partial charge on any atom is -0.384 e. The van der Waals surface area contributed by atoms with E-state index in [9.17, 15) is 13.2 Å². The molecule has 0 saturated carbocycles. The summed E-state index contributed by atoms with van der Waals surface area (Å²) in [5.41, 5.74) is 5.82. The second-order valence-corrected chi connectivity index (χ2v) is 6.56. The largest absolute Gasteiger partial charge is 0.384 e. The van der Waals surface area contributed by atoms with Crippen LogP contribution < -0.4 is 11.1 Å². The Kier molecular flexibility index (Phi) is 6.12. The minimum absolute atomic E-state index is 0.0841. The van der Waals surface area contributed by atoms with Crippen LogP contribution in [0.2, 0.25) is 0 Å². The third kappa shape index (κ3) is 4.59. The first-order valence-electron chi connectivity index (χ1n) is 6.23. The maximum absolute atomic E-state index is 11.9. The zero-order chi connectivity index (χ0) is 15.2. The third-order valence-electron chi connectivity index (χ3n) is 2.76. The third-order valence-corrected chi connectivity index (χ3v) is 4.46. The van der Waals surface area contributed by atoms with Crippen molar-refractivity contribution in [3.63, 3.8) is 0 Å². The van der Waals surface area contributed by atoms with Gasteiger partial charge in [0.05, 0.1) is 17.3 Å². The second kappa shape index (κ2) is 7.37. The Morgan fingerprint density at radius 3 is 2.45 bits per heavy atom. The molecule has 0 radical (unpaired) electrons. The molecule has 0 saturated heterocycles. The van der Waals surface area contributed by atoms with Gasteiger partial charge in [-0.2, -0.15) is 0 Å². The summed E-state index contributed by atoms with van der Waals surface area (Å²) in [6.45, 7) is 2.27. The molecule has 0 aliphatic rings. The molecule has 0 aliphatic heterocycles. The molecule has 1 aromatic carbocycles. The lowest BCUT2D eigenvalue weighted by atomic mass is 10.2. The number of sulfone groups is 1. The van der Waals surface area contributed by atoms with Crippen LogP contribution in [0.15, 0.2) is 29.2 Å². The minimum atomic E-state index is -3.37. The Morgan fingerprint density at radius 1 is 1.35 bits per heavy atom. The van der Waals surface area contributed by atoms with Gasteiger partial charge in [-0.15, -0.1) is 0 Å². The lowest BCUT2D eigenvalue weighted by molar-refractivity contribution is 0.0941. The number of carbonyl (C=O) groups excluding carboxylic acids is 1. The summed E-state index contributed by atoms with van der Waals surface area (Å²) < 4.78 is 28.6. The van der Waals surface area contributed by atoms with Gasteiger partial charge in [-0.3, -0.25) is 4.79 Å². The van der Waals surface area contributed by atoms with Gasteiger partial charge in [0.25, 0.3) is 5.91 Å². The molecule has 0 aromatic heterocycles. The zero-order valence-electron chi connectivity index (χ0n) is 11.6. The van der Waals surface area contributed by atoms with Gasteiger partial charge in [0.1, 0.15) is 0 Å². The number of hydrogen-bond donors (Lipinski definition) is 2. The van der Waals surface area contributed by atoms with Crippen molar-refractivity contribution >= 4 is 15.7 Å². The summed E-state index contributed by atoms with van der Waals surface area (Å²) in [6, 6.07) is 5.68. The zero-order valence-corrected chi connectivity index (χ0v) is 12.4. The quantitative estimate of drug-likeness (QED) is 0.748. The highest BCUT2D eigenvalue weighted by Gasteiger charge is 2.15. The fourth-order valence-electron chi connectivity index (χ4n) is 1.49. The van der Waals surface area contributed by atoms with Crippen molar-refractivity contribution in [2.24, 2.45) is 5.73 Å². The van der Waals surface area contributed by atoms with E-state index in [-0.39, 0.29) is 29.2 Å². The van der Waals surface area contributed by atoms with Crippen LogP contribution in [0.25, 0.3) is 0 Å². The number of nitrogens with two attached hydrogens (primary N) is 1. The molecule has 1 aromatic rings. The van der Waals surface area contributed by atoms with Crippen LogP contribution in [0.4, 0.5) is 0 Å². The first-order chi connectivity index (χ1) is 9.40. The fourth-order valence-corrected chi connectivity index (χ4v) is 2.66. The molecule has 3 N–H and O–H groups in total. The Morgan fingerprint density at radius 2 is 1.95 bits per heavy atom. The molecule has 0 heterocycles. The van der Waals surface area contributed by atoms with Crippen molar-refractivity contribution in [2.75, 3.05) is 26.0 Å². The van der Waals surface area contributed by atoms with Crippen molar-refractivity contribution in [1.82, 2.24) is 5.32 Å². The van der Waals surface area contributed by atoms with E-state index in [1.165, 1.54) is 31.4 Å². The van der Waals surface area contributed by atoms with Crippen LogP contribution in [-0.2, 0) is 14.6 Å². The smallest absolute Gasteiger partial charge is 0.251 e. The van der Waals surface area contributed by atoms with Crippen LogP contribution in [-0.4, -0.2) is 46.4 Å². The monoisotopic (exact) mass is 300 g/mol. The molecule has 1 amide bonds. The van der Waals surface area contributed by atoms with Gasteiger partial charge in [0.15, 0.2) is 9.84 Å². The van der Waals surface area contributed by atoms with E-state index in [0.29, 0.717) is 12.1 Å². The highest BCUT2D eigenvalue weighted by atomic mass is 32.2. The molecule has 0 aliphatic carbocycles. The predicted molar refractivity (Wildman–Crippen MR) is 76.4 cm³/mol. The second-order valence-electron chi connectivity index (χ2n) is 4.45. The van der Waals surface area contributed by atoms with Gasteiger partial charge in [-0.05, 0) is 31.2 Å². The number of carbonyl (C=O) groups is 1. The molecule has 0 fully saturated rings. The average Bonchev–Trinajstić information content (AvgIpc) is 2.45. The summed E-state index contributed by atoms with van der Waals surface area (Å²) in [7, 11) is -1.92. The molecular formula is C13H20N2O4S. The number of amides is 1. The number of hydrogen-bond acceptors (Lipinski definition) is 5. The van der Waals surface area contributed by atoms with Gasteiger partial charge in [-0.25, -0.2) is 8.42 Å². The lowest BCUT2D eigenvalue weighted by Gasteiger charge is -2.11. The molecule has 0 bridgehead atoms. The standard InChI is InChI=1S/C13H20N2O4S/c1-10(9-14)15-13(16)11-3-5-12(6-4-11)20(17,18)8-7-19-2/h3-6,10H,7-9,14H2,1-2H3,(H,15,16)/t10-/m0/s1. The fraction of sp³-hybridized carbons (Fsp3) is 0.462. The molecule has 1 atom stereocenters. The van der Waals surface area contributed by atoms with E-state index >= 15 is 0 Å². The average molecular weight is 300 g/mol. The molecule has 1 rings (SSSR count). The van der Waals surface area contributed by atoms with Crippen LogP contribution >= 0.6 is 0 Å². The maximum Gasteiger partial charge on any atom is 0.251 e. The molecule has 20 heavy (non-hydrogen) atoms. The first kappa shape index (κ1) is 16.6. The van der Waals surface area contributed by atoms with Crippen molar-refractivity contribution in [2.45, 2.75) is 17.9 Å². The van der Waals surface area contributed by atoms with Crippen LogP contribution in [0.1, 0.15) is 17.3 Å². The van der Waals surface area contributed by atoms with Gasteiger partial charge in [0, 0.05) is 25.3 Å². The Balaban J connectivity index is 2.81. The topological polar surface area (TPSA) is 98.5 Å². The van der Waals surface area contributed by atoms with E-state index in [0.717, 1.165) is 0 Å². The van der Waals surface area contributed by atoms with Crippen molar-refractivity contribution in [3.05, 3.63) is 29.8 Å². The van der Waals surface area contributed by atoms with Gasteiger partial charge >= 0.3 is 0 Å². The summed E-state index contributed by atoms with van der Waals surface area (Å²) in [5.74, 6) is -0.358. The Labute approximate surface area is 119 Å². The lowest BCUT2D eigenvalue weighted by Crippen LogP contribution is -2.37. The molecule has 7 heteroatoms. The highest BCUT2D eigenvalue weighted by Crippen LogP contribution is 2.12. The van der Waals surface area contributed by atoms with Gasteiger partial charge in [-0.1, -0.05) is 0 Å². The van der Waals surface area contributed by atoms with Crippen LogP contribution in [0.5, 0.6) is 0 Å². The molecule has 112 valence electrons. The van der Waals surface area contributed by atoms with Crippen molar-refractivity contribution < 1.29 is 17.9 Å². The number of nitrogens with one attached hydrogen (secondary N) is 1. The summed E-state index contributed by atoms with van der Waals surface area (Å²) in [5, 5.41) is 2.70. The van der Waals surface area contributed by atoms with Crippen molar-refractivity contribution in [1.29, 1.82) is 0 Å². The Bertz CT molecular complexity index is 540. The summed E-state index contributed by atoms with van der Waals surface area (Å²) in [4.78, 5) is 12.0. The molecule has 6 nitrogen and oxygen atoms in total. The van der Waals surface area contributed by atoms with E-state index in [1.807, 2.05) is 0 Å². The van der Waals surface area contributed by atoms with E-state index in [2.05, 4.69) is 5.32 Å².